The highest BCUT2D eigenvalue weighted by atomic mass is 19.1. The van der Waals surface area contributed by atoms with Gasteiger partial charge in [0.2, 0.25) is 0 Å². The van der Waals surface area contributed by atoms with Crippen molar-refractivity contribution >= 4 is 0 Å². The highest BCUT2D eigenvalue weighted by molar-refractivity contribution is 5.31. The summed E-state index contributed by atoms with van der Waals surface area (Å²) in [5, 5.41) is 3.38. The molecule has 1 heterocycles. The van der Waals surface area contributed by atoms with Crippen molar-refractivity contribution in [2.45, 2.75) is 25.4 Å². The molecule has 1 fully saturated rings. The molecule has 1 saturated heterocycles. The van der Waals surface area contributed by atoms with Crippen molar-refractivity contribution < 1.29 is 13.9 Å². The molecule has 1 atom stereocenters. The van der Waals surface area contributed by atoms with Crippen LogP contribution in [0.4, 0.5) is 4.39 Å². The monoisotopic (exact) mass is 239 g/mol. The lowest BCUT2D eigenvalue weighted by atomic mass is 9.98. The summed E-state index contributed by atoms with van der Waals surface area (Å²) in [5.41, 5.74) is 0.494. The fourth-order valence-corrected chi connectivity index (χ4v) is 2.07. The van der Waals surface area contributed by atoms with Crippen molar-refractivity contribution in [1.82, 2.24) is 5.32 Å². The average Bonchev–Trinajstić information content (AvgIpc) is 2.27. The van der Waals surface area contributed by atoms with E-state index in [0.29, 0.717) is 24.5 Å². The molecule has 1 aromatic rings. The van der Waals surface area contributed by atoms with E-state index in [0.717, 1.165) is 0 Å². The van der Waals surface area contributed by atoms with Crippen LogP contribution in [-0.4, -0.2) is 25.9 Å². The van der Waals surface area contributed by atoms with Gasteiger partial charge in [-0.15, -0.1) is 0 Å². The van der Waals surface area contributed by atoms with E-state index in [2.05, 4.69) is 5.32 Å². The van der Waals surface area contributed by atoms with Crippen molar-refractivity contribution in [3.63, 3.8) is 0 Å². The van der Waals surface area contributed by atoms with Gasteiger partial charge in [-0.05, 0) is 19.9 Å². The fourth-order valence-electron chi connectivity index (χ4n) is 2.07. The SMILES string of the molecule is COc1ccc(C2COCC(C)(C)N2)c(F)c1. The number of hydrogen-bond donors (Lipinski definition) is 1. The molecule has 3 nitrogen and oxygen atoms in total. The highest BCUT2D eigenvalue weighted by Crippen LogP contribution is 2.26. The van der Waals surface area contributed by atoms with Gasteiger partial charge in [-0.25, -0.2) is 4.39 Å². The standard InChI is InChI=1S/C13H18FNO2/c1-13(2)8-17-7-12(15-13)10-5-4-9(16-3)6-11(10)14/h4-6,12,15H,7-8H2,1-3H3. The summed E-state index contributed by atoms with van der Waals surface area (Å²) in [4.78, 5) is 0. The molecule has 0 saturated carbocycles. The van der Waals surface area contributed by atoms with Crippen LogP contribution in [-0.2, 0) is 4.74 Å². The normalized spacial score (nSPS) is 23.4. The van der Waals surface area contributed by atoms with Crippen LogP contribution in [0.2, 0.25) is 0 Å². The molecule has 1 N–H and O–H groups in total. The molecule has 1 unspecified atom stereocenters. The molecule has 0 amide bonds. The van der Waals surface area contributed by atoms with Gasteiger partial charge in [-0.1, -0.05) is 6.07 Å². The number of hydrogen-bond acceptors (Lipinski definition) is 3. The number of ether oxygens (including phenoxy) is 2. The number of morpholine rings is 1. The predicted molar refractivity (Wildman–Crippen MR) is 63.7 cm³/mol. The summed E-state index contributed by atoms with van der Waals surface area (Å²) >= 11 is 0. The Balaban J connectivity index is 2.22. The van der Waals surface area contributed by atoms with Crippen LogP contribution >= 0.6 is 0 Å². The third-order valence-electron chi connectivity index (χ3n) is 2.90. The Hall–Kier alpha value is -1.13. The smallest absolute Gasteiger partial charge is 0.131 e. The molecule has 1 aliphatic heterocycles. The third-order valence-corrected chi connectivity index (χ3v) is 2.90. The van der Waals surface area contributed by atoms with Crippen molar-refractivity contribution in [1.29, 1.82) is 0 Å². The minimum Gasteiger partial charge on any atom is -0.497 e. The molecule has 2 rings (SSSR count). The average molecular weight is 239 g/mol. The molecule has 17 heavy (non-hydrogen) atoms. The van der Waals surface area contributed by atoms with E-state index < -0.39 is 0 Å². The maximum Gasteiger partial charge on any atom is 0.131 e. The van der Waals surface area contributed by atoms with Crippen molar-refractivity contribution in [3.8, 4) is 5.75 Å². The lowest BCUT2D eigenvalue weighted by Gasteiger charge is -2.37. The second-order valence-corrected chi connectivity index (χ2v) is 4.98. The molecule has 0 bridgehead atoms. The number of methoxy groups -OCH3 is 1. The summed E-state index contributed by atoms with van der Waals surface area (Å²) < 4.78 is 24.4. The first-order valence-electron chi connectivity index (χ1n) is 5.71. The van der Waals surface area contributed by atoms with Gasteiger partial charge in [-0.3, -0.25) is 0 Å². The van der Waals surface area contributed by atoms with E-state index in [4.69, 9.17) is 9.47 Å². The Morgan fingerprint density at radius 1 is 1.47 bits per heavy atom. The van der Waals surface area contributed by atoms with Gasteiger partial charge in [0.05, 0.1) is 26.4 Å². The summed E-state index contributed by atoms with van der Waals surface area (Å²) in [6.07, 6.45) is 0. The first kappa shape index (κ1) is 12.3. The number of halogens is 1. The molecule has 0 spiro atoms. The Morgan fingerprint density at radius 2 is 2.24 bits per heavy atom. The van der Waals surface area contributed by atoms with Crippen LogP contribution < -0.4 is 10.1 Å². The quantitative estimate of drug-likeness (QED) is 0.858. The molecule has 4 heteroatoms. The van der Waals surface area contributed by atoms with Gasteiger partial charge < -0.3 is 14.8 Å². The second kappa shape index (κ2) is 4.63. The molecule has 0 aliphatic carbocycles. The van der Waals surface area contributed by atoms with Gasteiger partial charge in [0.1, 0.15) is 11.6 Å². The van der Waals surface area contributed by atoms with E-state index in [1.807, 2.05) is 13.8 Å². The van der Waals surface area contributed by atoms with E-state index in [1.54, 1.807) is 12.1 Å². The van der Waals surface area contributed by atoms with Crippen molar-refractivity contribution in [2.24, 2.45) is 0 Å². The molecular weight excluding hydrogens is 221 g/mol. The summed E-state index contributed by atoms with van der Waals surface area (Å²) in [6.45, 7) is 5.22. The van der Waals surface area contributed by atoms with Crippen LogP contribution in [0.25, 0.3) is 0 Å². The lowest BCUT2D eigenvalue weighted by molar-refractivity contribution is 0.0118. The second-order valence-electron chi connectivity index (χ2n) is 4.98. The van der Waals surface area contributed by atoms with E-state index in [9.17, 15) is 4.39 Å². The number of rotatable bonds is 2. The van der Waals surface area contributed by atoms with Crippen molar-refractivity contribution in [3.05, 3.63) is 29.6 Å². The van der Waals surface area contributed by atoms with Gasteiger partial charge >= 0.3 is 0 Å². The van der Waals surface area contributed by atoms with Crippen LogP contribution in [0.15, 0.2) is 18.2 Å². The first-order valence-corrected chi connectivity index (χ1v) is 5.71. The molecule has 0 radical (unpaired) electrons. The van der Waals surface area contributed by atoms with Crippen LogP contribution in [0.5, 0.6) is 5.75 Å². The van der Waals surface area contributed by atoms with E-state index in [-0.39, 0.29) is 17.4 Å². The zero-order valence-corrected chi connectivity index (χ0v) is 10.4. The zero-order valence-electron chi connectivity index (χ0n) is 10.4. The minimum atomic E-state index is -0.261. The maximum atomic E-state index is 13.9. The Kier molecular flexibility index (Phi) is 3.35. The van der Waals surface area contributed by atoms with E-state index in [1.165, 1.54) is 13.2 Å². The minimum absolute atomic E-state index is 0.107. The Bertz CT molecular complexity index is 406. The maximum absolute atomic E-state index is 13.9. The summed E-state index contributed by atoms with van der Waals surface area (Å²) in [5.74, 6) is 0.269. The van der Waals surface area contributed by atoms with Gasteiger partial charge in [0.15, 0.2) is 0 Å². The highest BCUT2D eigenvalue weighted by Gasteiger charge is 2.29. The molecule has 94 valence electrons. The number of benzene rings is 1. The molecule has 1 aliphatic rings. The van der Waals surface area contributed by atoms with Gasteiger partial charge in [0, 0.05) is 17.2 Å². The van der Waals surface area contributed by atoms with Crippen LogP contribution in [0.1, 0.15) is 25.5 Å². The van der Waals surface area contributed by atoms with Gasteiger partial charge in [-0.2, -0.15) is 0 Å². The topological polar surface area (TPSA) is 30.5 Å². The van der Waals surface area contributed by atoms with Gasteiger partial charge in [0.25, 0.3) is 0 Å². The lowest BCUT2D eigenvalue weighted by Crippen LogP contribution is -2.51. The molecular formula is C13H18FNO2. The molecule has 0 aromatic heterocycles. The van der Waals surface area contributed by atoms with Crippen LogP contribution in [0.3, 0.4) is 0 Å². The molecule has 1 aromatic carbocycles. The van der Waals surface area contributed by atoms with Crippen molar-refractivity contribution in [2.75, 3.05) is 20.3 Å². The largest absolute Gasteiger partial charge is 0.497 e. The predicted octanol–water partition coefficient (Wildman–Crippen LogP) is 2.27. The Labute approximate surface area is 101 Å². The zero-order chi connectivity index (χ0) is 12.5. The van der Waals surface area contributed by atoms with Crippen LogP contribution in [0, 0.1) is 5.82 Å². The summed E-state index contributed by atoms with van der Waals surface area (Å²) in [7, 11) is 1.53. The summed E-state index contributed by atoms with van der Waals surface area (Å²) in [6, 6.07) is 4.81. The number of nitrogens with one attached hydrogen (secondary N) is 1. The first-order chi connectivity index (χ1) is 8.02. The van der Waals surface area contributed by atoms with E-state index >= 15 is 0 Å². The Morgan fingerprint density at radius 3 is 2.82 bits per heavy atom. The third kappa shape index (κ3) is 2.76. The fraction of sp³-hybridized carbons (Fsp3) is 0.538.